The standard InChI is InChI=1S/C10H8BrNO4/c1-16-10(14)9(13)4-6-2-3-7(11)5-8(6)12-15/h2-5,13H,1H3/b9-4-. The SMILES string of the molecule is COC(=O)/C(O)=C/c1ccc(Br)cc1N=O. The fourth-order valence-electron chi connectivity index (χ4n) is 1.03. The molecule has 5 nitrogen and oxygen atoms in total. The number of benzene rings is 1. The van der Waals surface area contributed by atoms with Crippen molar-refractivity contribution in [2.45, 2.75) is 0 Å². The minimum atomic E-state index is -0.875. The van der Waals surface area contributed by atoms with Crippen molar-refractivity contribution in [3.05, 3.63) is 38.9 Å². The number of aliphatic hydroxyl groups excluding tert-OH is 1. The lowest BCUT2D eigenvalue weighted by atomic mass is 10.1. The Morgan fingerprint density at radius 1 is 1.56 bits per heavy atom. The maximum absolute atomic E-state index is 10.9. The van der Waals surface area contributed by atoms with Crippen LogP contribution in [0.15, 0.2) is 33.6 Å². The molecule has 0 radical (unpaired) electrons. The van der Waals surface area contributed by atoms with Crippen LogP contribution in [0.1, 0.15) is 5.56 Å². The third kappa shape index (κ3) is 2.90. The van der Waals surface area contributed by atoms with Crippen molar-refractivity contribution >= 4 is 33.7 Å². The zero-order chi connectivity index (χ0) is 12.1. The molecule has 84 valence electrons. The second kappa shape index (κ2) is 5.41. The van der Waals surface area contributed by atoms with Crippen LogP contribution in [-0.2, 0) is 9.53 Å². The van der Waals surface area contributed by atoms with Crippen molar-refractivity contribution in [2.24, 2.45) is 5.18 Å². The lowest BCUT2D eigenvalue weighted by Gasteiger charge is -2.00. The summed E-state index contributed by atoms with van der Waals surface area (Å²) in [6, 6.07) is 4.68. The Balaban J connectivity index is 3.14. The first-order valence-electron chi connectivity index (χ1n) is 4.20. The van der Waals surface area contributed by atoms with Crippen molar-refractivity contribution in [3.8, 4) is 0 Å². The topological polar surface area (TPSA) is 76.0 Å². The Morgan fingerprint density at radius 3 is 2.81 bits per heavy atom. The molecule has 0 unspecified atom stereocenters. The minimum Gasteiger partial charge on any atom is -0.502 e. The van der Waals surface area contributed by atoms with Gasteiger partial charge in [0.2, 0.25) is 5.76 Å². The van der Waals surface area contributed by atoms with E-state index in [9.17, 15) is 14.8 Å². The Hall–Kier alpha value is -1.69. The summed E-state index contributed by atoms with van der Waals surface area (Å²) < 4.78 is 4.98. The van der Waals surface area contributed by atoms with Gasteiger partial charge in [-0.3, -0.25) is 0 Å². The van der Waals surface area contributed by atoms with Crippen molar-refractivity contribution in [1.82, 2.24) is 0 Å². The number of halogens is 1. The van der Waals surface area contributed by atoms with Crippen molar-refractivity contribution in [3.63, 3.8) is 0 Å². The lowest BCUT2D eigenvalue weighted by molar-refractivity contribution is -0.138. The number of ether oxygens (including phenoxy) is 1. The molecule has 0 saturated heterocycles. The van der Waals surface area contributed by atoms with Gasteiger partial charge in [-0.15, -0.1) is 4.91 Å². The van der Waals surface area contributed by atoms with Gasteiger partial charge in [0.25, 0.3) is 0 Å². The minimum absolute atomic E-state index is 0.116. The van der Waals surface area contributed by atoms with E-state index in [-0.39, 0.29) is 5.69 Å². The van der Waals surface area contributed by atoms with E-state index in [0.29, 0.717) is 10.0 Å². The van der Waals surface area contributed by atoms with Crippen LogP contribution in [0.5, 0.6) is 0 Å². The van der Waals surface area contributed by atoms with Gasteiger partial charge in [-0.2, -0.15) is 0 Å². The zero-order valence-corrected chi connectivity index (χ0v) is 9.89. The molecule has 16 heavy (non-hydrogen) atoms. The number of carbonyl (C=O) groups is 1. The molecule has 1 aromatic carbocycles. The van der Waals surface area contributed by atoms with E-state index < -0.39 is 11.7 Å². The maximum Gasteiger partial charge on any atom is 0.373 e. The molecule has 0 aliphatic carbocycles. The average molecular weight is 286 g/mol. The molecule has 1 aromatic rings. The van der Waals surface area contributed by atoms with Crippen LogP contribution >= 0.6 is 15.9 Å². The summed E-state index contributed by atoms with van der Waals surface area (Å²) in [7, 11) is 1.15. The van der Waals surface area contributed by atoms with Gasteiger partial charge < -0.3 is 9.84 Å². The predicted octanol–water partition coefficient (Wildman–Crippen LogP) is 2.92. The molecule has 0 heterocycles. The Bertz CT molecular complexity index is 456. The first-order chi connectivity index (χ1) is 7.58. The second-order valence-corrected chi connectivity index (χ2v) is 3.73. The maximum atomic E-state index is 10.9. The summed E-state index contributed by atoms with van der Waals surface area (Å²) in [6.45, 7) is 0. The summed E-state index contributed by atoms with van der Waals surface area (Å²) >= 11 is 3.17. The molecule has 6 heteroatoms. The summed E-state index contributed by atoms with van der Waals surface area (Å²) in [5.74, 6) is -1.46. The molecule has 0 bridgehead atoms. The number of hydrogen-bond donors (Lipinski definition) is 1. The van der Waals surface area contributed by atoms with Crippen molar-refractivity contribution in [1.29, 1.82) is 0 Å². The Morgan fingerprint density at radius 2 is 2.25 bits per heavy atom. The number of methoxy groups -OCH3 is 1. The largest absolute Gasteiger partial charge is 0.502 e. The van der Waals surface area contributed by atoms with Gasteiger partial charge >= 0.3 is 5.97 Å². The van der Waals surface area contributed by atoms with E-state index in [0.717, 1.165) is 13.2 Å². The normalized spacial score (nSPS) is 11.0. The quantitative estimate of drug-likeness (QED) is 0.401. The molecular formula is C10H8BrNO4. The second-order valence-electron chi connectivity index (χ2n) is 2.82. The first-order valence-corrected chi connectivity index (χ1v) is 4.99. The number of nitroso groups, excluding NO2 is 1. The molecule has 0 spiro atoms. The molecule has 0 saturated carbocycles. The number of aliphatic hydroxyl groups is 1. The van der Waals surface area contributed by atoms with E-state index in [2.05, 4.69) is 25.8 Å². The van der Waals surface area contributed by atoms with Crippen LogP contribution in [0.2, 0.25) is 0 Å². The summed E-state index contributed by atoms with van der Waals surface area (Å²) in [4.78, 5) is 21.4. The third-order valence-corrected chi connectivity index (χ3v) is 2.27. The number of hydrogen-bond acceptors (Lipinski definition) is 5. The van der Waals surface area contributed by atoms with Crippen LogP contribution in [0.25, 0.3) is 6.08 Å². The number of rotatable bonds is 3. The molecule has 0 amide bonds. The summed E-state index contributed by atoms with van der Waals surface area (Å²) in [6.07, 6.45) is 1.12. The molecular weight excluding hydrogens is 278 g/mol. The Labute approximate surface area is 99.8 Å². The van der Waals surface area contributed by atoms with Gasteiger partial charge in [-0.1, -0.05) is 22.0 Å². The zero-order valence-electron chi connectivity index (χ0n) is 8.31. The third-order valence-electron chi connectivity index (χ3n) is 1.78. The van der Waals surface area contributed by atoms with Crippen LogP contribution < -0.4 is 0 Å². The highest BCUT2D eigenvalue weighted by molar-refractivity contribution is 9.10. The summed E-state index contributed by atoms with van der Waals surface area (Å²) in [5, 5.41) is 12.1. The van der Waals surface area contributed by atoms with Gasteiger partial charge in [0.05, 0.1) is 7.11 Å². The molecule has 0 aliphatic heterocycles. The molecule has 1 rings (SSSR count). The highest BCUT2D eigenvalue weighted by Crippen LogP contribution is 2.25. The van der Waals surface area contributed by atoms with Crippen LogP contribution in [-0.4, -0.2) is 18.2 Å². The van der Waals surface area contributed by atoms with Gasteiger partial charge in [0.15, 0.2) is 0 Å². The van der Waals surface area contributed by atoms with E-state index in [1.54, 1.807) is 12.1 Å². The van der Waals surface area contributed by atoms with Crippen molar-refractivity contribution < 1.29 is 14.6 Å². The molecule has 0 aromatic heterocycles. The van der Waals surface area contributed by atoms with Gasteiger partial charge in [-0.25, -0.2) is 4.79 Å². The van der Waals surface area contributed by atoms with Gasteiger partial charge in [0.1, 0.15) is 5.69 Å². The highest BCUT2D eigenvalue weighted by Gasteiger charge is 2.09. The van der Waals surface area contributed by atoms with Gasteiger partial charge in [-0.05, 0) is 23.4 Å². The summed E-state index contributed by atoms with van der Waals surface area (Å²) in [5.41, 5.74) is 0.450. The Kier molecular flexibility index (Phi) is 4.19. The first kappa shape index (κ1) is 12.4. The van der Waals surface area contributed by atoms with Crippen LogP contribution in [0.4, 0.5) is 5.69 Å². The van der Waals surface area contributed by atoms with Crippen LogP contribution in [0.3, 0.4) is 0 Å². The fraction of sp³-hybridized carbons (Fsp3) is 0.100. The van der Waals surface area contributed by atoms with E-state index in [1.165, 1.54) is 6.07 Å². The number of nitrogens with zero attached hydrogens (tertiary/aromatic N) is 1. The fourth-order valence-corrected chi connectivity index (χ4v) is 1.38. The molecule has 0 fully saturated rings. The average Bonchev–Trinajstić information content (AvgIpc) is 2.30. The molecule has 0 aliphatic rings. The molecule has 0 atom stereocenters. The number of esters is 1. The monoisotopic (exact) mass is 285 g/mol. The van der Waals surface area contributed by atoms with E-state index in [1.807, 2.05) is 0 Å². The van der Waals surface area contributed by atoms with E-state index >= 15 is 0 Å². The highest BCUT2D eigenvalue weighted by atomic mass is 79.9. The smallest absolute Gasteiger partial charge is 0.373 e. The van der Waals surface area contributed by atoms with Crippen LogP contribution in [0, 0.1) is 4.91 Å². The number of carbonyl (C=O) groups excluding carboxylic acids is 1. The lowest BCUT2D eigenvalue weighted by Crippen LogP contribution is -2.03. The van der Waals surface area contributed by atoms with E-state index in [4.69, 9.17) is 0 Å². The van der Waals surface area contributed by atoms with Gasteiger partial charge in [0, 0.05) is 10.0 Å². The van der Waals surface area contributed by atoms with Crippen molar-refractivity contribution in [2.75, 3.05) is 7.11 Å². The predicted molar refractivity (Wildman–Crippen MR) is 62.2 cm³/mol. The molecule has 1 N–H and O–H groups in total.